The summed E-state index contributed by atoms with van der Waals surface area (Å²) < 4.78 is 34.1. The molecule has 4 rings (SSSR count). The van der Waals surface area contributed by atoms with Crippen LogP contribution in [0, 0.1) is 6.92 Å². The Morgan fingerprint density at radius 1 is 1.07 bits per heavy atom. The van der Waals surface area contributed by atoms with Crippen molar-refractivity contribution < 1.29 is 13.2 Å². The van der Waals surface area contributed by atoms with Crippen molar-refractivity contribution >= 4 is 20.8 Å². The number of hydrogen-bond donors (Lipinski definition) is 0. The van der Waals surface area contributed by atoms with Gasteiger partial charge in [-0.15, -0.1) is 0 Å². The Morgan fingerprint density at radius 2 is 1.82 bits per heavy atom. The number of benzene rings is 3. The molecule has 0 unspecified atom stereocenters. The monoisotopic (exact) mass is 393 g/mol. The van der Waals surface area contributed by atoms with Crippen molar-refractivity contribution in [3.05, 3.63) is 84.4 Å². The van der Waals surface area contributed by atoms with Crippen LogP contribution in [0.1, 0.15) is 11.1 Å². The summed E-state index contributed by atoms with van der Waals surface area (Å²) in [5, 5.41) is 2.21. The molecule has 28 heavy (non-hydrogen) atoms. The van der Waals surface area contributed by atoms with Crippen LogP contribution in [-0.4, -0.2) is 31.9 Å². The van der Waals surface area contributed by atoms with Crippen LogP contribution < -0.4 is 4.74 Å². The van der Waals surface area contributed by atoms with Gasteiger partial charge in [0.2, 0.25) is 10.0 Å². The summed E-state index contributed by atoms with van der Waals surface area (Å²) in [7, 11) is -3.61. The van der Waals surface area contributed by atoms with Crippen LogP contribution in [-0.2, 0) is 16.4 Å². The van der Waals surface area contributed by atoms with E-state index in [1.807, 2.05) is 43.3 Å². The fraction of sp³-hybridized carbons (Fsp3) is 0.217. The maximum absolute atomic E-state index is 13.2. The normalized spacial score (nSPS) is 18.0. The summed E-state index contributed by atoms with van der Waals surface area (Å²) in [6.07, 6.45) is 1.84. The quantitative estimate of drug-likeness (QED) is 0.622. The van der Waals surface area contributed by atoms with Crippen molar-refractivity contribution in [3.8, 4) is 5.75 Å². The SMILES string of the molecule is C=C[C@@H]1CN(S(=O)(=O)c2ccc(C)cc2)CCc2c(ccc3ccccc23)O1. The zero-order valence-electron chi connectivity index (χ0n) is 15.8. The van der Waals surface area contributed by atoms with Crippen LogP contribution in [0.25, 0.3) is 10.8 Å². The molecule has 0 saturated heterocycles. The lowest BCUT2D eigenvalue weighted by Gasteiger charge is -2.30. The first kappa shape index (κ1) is 18.7. The number of fused-ring (bicyclic) bond motifs is 3. The van der Waals surface area contributed by atoms with Crippen LogP contribution in [0.5, 0.6) is 5.75 Å². The molecular weight excluding hydrogens is 370 g/mol. The largest absolute Gasteiger partial charge is 0.485 e. The van der Waals surface area contributed by atoms with Gasteiger partial charge in [-0.25, -0.2) is 8.42 Å². The first-order valence-corrected chi connectivity index (χ1v) is 10.8. The zero-order valence-corrected chi connectivity index (χ0v) is 16.7. The molecule has 0 aromatic heterocycles. The molecule has 0 bridgehead atoms. The van der Waals surface area contributed by atoms with E-state index in [9.17, 15) is 8.42 Å². The number of nitrogens with zero attached hydrogens (tertiary/aromatic N) is 1. The predicted molar refractivity (Wildman–Crippen MR) is 112 cm³/mol. The van der Waals surface area contributed by atoms with Crippen molar-refractivity contribution in [2.45, 2.75) is 24.3 Å². The van der Waals surface area contributed by atoms with E-state index in [1.165, 1.54) is 4.31 Å². The third kappa shape index (κ3) is 3.43. The van der Waals surface area contributed by atoms with E-state index in [4.69, 9.17) is 4.74 Å². The summed E-state index contributed by atoms with van der Waals surface area (Å²) in [6, 6.07) is 19.1. The lowest BCUT2D eigenvalue weighted by Crippen LogP contribution is -2.41. The molecule has 1 aliphatic heterocycles. The van der Waals surface area contributed by atoms with Gasteiger partial charge in [-0.1, -0.05) is 60.7 Å². The van der Waals surface area contributed by atoms with E-state index in [0.717, 1.165) is 27.6 Å². The molecule has 144 valence electrons. The van der Waals surface area contributed by atoms with E-state index in [1.54, 1.807) is 18.2 Å². The fourth-order valence-corrected chi connectivity index (χ4v) is 5.07. The van der Waals surface area contributed by atoms with Crippen molar-refractivity contribution in [2.24, 2.45) is 0 Å². The van der Waals surface area contributed by atoms with Gasteiger partial charge in [-0.3, -0.25) is 0 Å². The highest BCUT2D eigenvalue weighted by molar-refractivity contribution is 7.89. The van der Waals surface area contributed by atoms with Crippen LogP contribution in [0.15, 0.2) is 78.2 Å². The summed E-state index contributed by atoms with van der Waals surface area (Å²) in [5.74, 6) is 0.802. The second-order valence-corrected chi connectivity index (χ2v) is 9.02. The van der Waals surface area contributed by atoms with Gasteiger partial charge in [-0.05, 0) is 42.3 Å². The average molecular weight is 394 g/mol. The topological polar surface area (TPSA) is 46.6 Å². The molecule has 5 heteroatoms. The molecule has 1 heterocycles. The van der Waals surface area contributed by atoms with Gasteiger partial charge >= 0.3 is 0 Å². The van der Waals surface area contributed by atoms with Crippen molar-refractivity contribution in [3.63, 3.8) is 0 Å². The third-order valence-corrected chi connectivity index (χ3v) is 7.07. The molecule has 3 aromatic carbocycles. The minimum Gasteiger partial charge on any atom is -0.485 e. The Morgan fingerprint density at radius 3 is 2.57 bits per heavy atom. The van der Waals surface area contributed by atoms with Crippen LogP contribution in [0.3, 0.4) is 0 Å². The molecular formula is C23H23NO3S. The van der Waals surface area contributed by atoms with Gasteiger partial charge in [0.1, 0.15) is 11.9 Å². The number of ether oxygens (including phenoxy) is 1. The van der Waals surface area contributed by atoms with Crippen LogP contribution in [0.4, 0.5) is 0 Å². The predicted octanol–water partition coefficient (Wildman–Crippen LogP) is 4.33. The zero-order chi connectivity index (χ0) is 19.7. The van der Waals surface area contributed by atoms with Gasteiger partial charge in [0, 0.05) is 12.1 Å². The van der Waals surface area contributed by atoms with Crippen molar-refractivity contribution in [2.75, 3.05) is 13.1 Å². The number of hydrogen-bond acceptors (Lipinski definition) is 3. The molecule has 0 fully saturated rings. The fourth-order valence-electron chi connectivity index (χ4n) is 3.61. The summed E-state index contributed by atoms with van der Waals surface area (Å²) in [6.45, 7) is 6.42. The maximum atomic E-state index is 13.2. The molecule has 1 atom stereocenters. The number of aryl methyl sites for hydroxylation is 1. The van der Waals surface area contributed by atoms with Gasteiger partial charge < -0.3 is 4.74 Å². The third-order valence-electron chi connectivity index (χ3n) is 5.19. The van der Waals surface area contributed by atoms with Gasteiger partial charge in [0.05, 0.1) is 11.4 Å². The number of rotatable bonds is 3. The molecule has 4 nitrogen and oxygen atoms in total. The first-order chi connectivity index (χ1) is 13.5. The molecule has 0 aliphatic carbocycles. The molecule has 0 amide bonds. The molecule has 1 aliphatic rings. The van der Waals surface area contributed by atoms with Crippen LogP contribution >= 0.6 is 0 Å². The van der Waals surface area contributed by atoms with E-state index in [0.29, 0.717) is 17.9 Å². The lowest BCUT2D eigenvalue weighted by atomic mass is 10.0. The van der Waals surface area contributed by atoms with Gasteiger partial charge in [0.15, 0.2) is 0 Å². The average Bonchev–Trinajstić information content (AvgIpc) is 2.68. The molecule has 0 radical (unpaired) electrons. The molecule has 0 N–H and O–H groups in total. The second kappa shape index (κ2) is 7.41. The van der Waals surface area contributed by atoms with E-state index in [2.05, 4.69) is 18.7 Å². The Labute approximate surface area is 166 Å². The summed E-state index contributed by atoms with van der Waals surface area (Å²) >= 11 is 0. The highest BCUT2D eigenvalue weighted by Crippen LogP contribution is 2.32. The Kier molecular flexibility index (Phi) is 4.96. The molecule has 0 spiro atoms. The standard InChI is InChI=1S/C23H23NO3S/c1-3-19-16-24(28(25,26)20-11-8-17(2)9-12-20)15-14-22-21-7-5-4-6-18(21)10-13-23(22)27-19/h3-13,19H,1,14-16H2,2H3/t19-/m1/s1. The summed E-state index contributed by atoms with van der Waals surface area (Å²) in [4.78, 5) is 0.305. The number of sulfonamides is 1. The Balaban J connectivity index is 1.75. The molecule has 0 saturated carbocycles. The molecule has 3 aromatic rings. The van der Waals surface area contributed by atoms with Gasteiger partial charge in [-0.2, -0.15) is 4.31 Å². The van der Waals surface area contributed by atoms with Gasteiger partial charge in [0.25, 0.3) is 0 Å². The highest BCUT2D eigenvalue weighted by Gasteiger charge is 2.29. The minimum atomic E-state index is -3.61. The first-order valence-electron chi connectivity index (χ1n) is 9.36. The van der Waals surface area contributed by atoms with E-state index >= 15 is 0 Å². The second-order valence-electron chi connectivity index (χ2n) is 7.08. The van der Waals surface area contributed by atoms with Crippen molar-refractivity contribution in [1.29, 1.82) is 0 Å². The lowest BCUT2D eigenvalue weighted by molar-refractivity contribution is 0.201. The Hall–Kier alpha value is -2.63. The maximum Gasteiger partial charge on any atom is 0.243 e. The minimum absolute atomic E-state index is 0.242. The van der Waals surface area contributed by atoms with E-state index in [-0.39, 0.29) is 6.54 Å². The smallest absolute Gasteiger partial charge is 0.243 e. The summed E-state index contributed by atoms with van der Waals surface area (Å²) in [5.41, 5.74) is 2.06. The Bertz CT molecular complexity index is 1120. The van der Waals surface area contributed by atoms with Crippen LogP contribution in [0.2, 0.25) is 0 Å². The van der Waals surface area contributed by atoms with Crippen molar-refractivity contribution in [1.82, 2.24) is 4.31 Å². The van der Waals surface area contributed by atoms with E-state index < -0.39 is 16.1 Å². The highest BCUT2D eigenvalue weighted by atomic mass is 32.2.